The van der Waals surface area contributed by atoms with Crippen LogP contribution in [0.25, 0.3) is 0 Å². The second-order valence-electron chi connectivity index (χ2n) is 7.82. The minimum atomic E-state index is 0.608. The maximum absolute atomic E-state index is 5.64. The predicted octanol–water partition coefficient (Wildman–Crippen LogP) is 5.26. The summed E-state index contributed by atoms with van der Waals surface area (Å²) in [6.07, 6.45) is 6.32. The molecule has 0 amide bonds. The number of ether oxygens (including phenoxy) is 1. The Hall–Kier alpha value is -2.00. The van der Waals surface area contributed by atoms with Gasteiger partial charge in [-0.25, -0.2) is 0 Å². The van der Waals surface area contributed by atoms with Gasteiger partial charge in [-0.15, -0.1) is 0 Å². The van der Waals surface area contributed by atoms with Crippen molar-refractivity contribution < 1.29 is 4.74 Å². The molecule has 2 aliphatic rings. The molecule has 0 bridgehead atoms. The molecular formula is C23H30N2O. The van der Waals surface area contributed by atoms with Crippen LogP contribution in [0.5, 0.6) is 5.75 Å². The zero-order chi connectivity index (χ0) is 17.8. The van der Waals surface area contributed by atoms with Crippen molar-refractivity contribution >= 4 is 5.69 Å². The molecular weight excluding hydrogens is 320 g/mol. The molecule has 138 valence electrons. The van der Waals surface area contributed by atoms with Crippen LogP contribution in [-0.4, -0.2) is 19.3 Å². The van der Waals surface area contributed by atoms with Gasteiger partial charge in [0.05, 0.1) is 5.69 Å². The minimum Gasteiger partial charge on any atom is -0.471 e. The van der Waals surface area contributed by atoms with E-state index in [4.69, 9.17) is 4.74 Å². The second-order valence-corrected chi connectivity index (χ2v) is 7.82. The first-order valence-corrected chi connectivity index (χ1v) is 10.1. The molecule has 1 saturated carbocycles. The third-order valence-electron chi connectivity index (χ3n) is 6.07. The molecule has 0 radical (unpaired) electrons. The van der Waals surface area contributed by atoms with Crippen LogP contribution in [0.15, 0.2) is 48.5 Å². The van der Waals surface area contributed by atoms with Crippen LogP contribution in [0.3, 0.4) is 0 Å². The highest BCUT2D eigenvalue weighted by molar-refractivity contribution is 5.60. The van der Waals surface area contributed by atoms with Crippen molar-refractivity contribution in [3.63, 3.8) is 0 Å². The number of hydrogen-bond acceptors (Lipinski definition) is 3. The average Bonchev–Trinajstić information content (AvgIpc) is 3.17. The van der Waals surface area contributed by atoms with E-state index in [9.17, 15) is 0 Å². The lowest BCUT2D eigenvalue weighted by Gasteiger charge is -2.30. The van der Waals surface area contributed by atoms with Gasteiger partial charge in [-0.05, 0) is 73.7 Å². The van der Waals surface area contributed by atoms with Crippen LogP contribution in [0.1, 0.15) is 62.0 Å². The Morgan fingerprint density at radius 1 is 1.08 bits per heavy atom. The van der Waals surface area contributed by atoms with Gasteiger partial charge in [0.1, 0.15) is 5.75 Å². The van der Waals surface area contributed by atoms with Gasteiger partial charge in [0.2, 0.25) is 0 Å². The molecule has 26 heavy (non-hydrogen) atoms. The summed E-state index contributed by atoms with van der Waals surface area (Å²) in [6.45, 7) is 4.05. The zero-order valence-electron chi connectivity index (χ0n) is 15.7. The van der Waals surface area contributed by atoms with Crippen LogP contribution in [0, 0.1) is 0 Å². The molecule has 1 heterocycles. The Bertz CT molecular complexity index is 707. The lowest BCUT2D eigenvalue weighted by atomic mass is 9.81. The first-order chi connectivity index (χ1) is 12.8. The first-order valence-electron chi connectivity index (χ1n) is 10.1. The normalized spacial score (nSPS) is 23.0. The van der Waals surface area contributed by atoms with E-state index in [0.29, 0.717) is 24.6 Å². The summed E-state index contributed by atoms with van der Waals surface area (Å²) in [5.41, 5.74) is 4.03. The molecule has 3 heteroatoms. The van der Waals surface area contributed by atoms with Crippen LogP contribution >= 0.6 is 0 Å². The summed E-state index contributed by atoms with van der Waals surface area (Å²) in [6, 6.07) is 18.2. The molecule has 1 unspecified atom stereocenters. The number of benzene rings is 2. The standard InChI is InChI=1S/C23H30N2O/c1-17(18-5-3-2-4-6-18)13-14-24-21-10-7-19(8-11-21)20-9-12-22-23(15-20)26-16-25-22/h2-6,9,12,15,17,19,21,24-25H,7-8,10-11,13-14,16H2,1H3. The van der Waals surface area contributed by atoms with E-state index in [1.165, 1.54) is 43.2 Å². The summed E-state index contributed by atoms with van der Waals surface area (Å²) >= 11 is 0. The monoisotopic (exact) mass is 350 g/mol. The maximum Gasteiger partial charge on any atom is 0.159 e. The highest BCUT2D eigenvalue weighted by Gasteiger charge is 2.23. The summed E-state index contributed by atoms with van der Waals surface area (Å²) in [5.74, 6) is 2.34. The van der Waals surface area contributed by atoms with Crippen LogP contribution in [-0.2, 0) is 0 Å². The molecule has 1 aliphatic carbocycles. The number of fused-ring (bicyclic) bond motifs is 1. The SMILES string of the molecule is CC(CCNC1CCC(c2ccc3c(c2)OCN3)CC1)c1ccccc1. The Kier molecular flexibility index (Phi) is 5.45. The van der Waals surface area contributed by atoms with Gasteiger partial charge in [-0.2, -0.15) is 0 Å². The van der Waals surface area contributed by atoms with Crippen molar-refractivity contribution in [2.45, 2.75) is 56.9 Å². The van der Waals surface area contributed by atoms with Gasteiger partial charge in [-0.1, -0.05) is 43.3 Å². The van der Waals surface area contributed by atoms with Crippen molar-refractivity contribution in [1.82, 2.24) is 5.32 Å². The van der Waals surface area contributed by atoms with Crippen LogP contribution < -0.4 is 15.4 Å². The van der Waals surface area contributed by atoms with Gasteiger partial charge >= 0.3 is 0 Å². The fourth-order valence-corrected chi connectivity index (χ4v) is 4.33. The average molecular weight is 351 g/mol. The fraction of sp³-hybridized carbons (Fsp3) is 0.478. The van der Waals surface area contributed by atoms with E-state index in [2.05, 4.69) is 66.1 Å². The highest BCUT2D eigenvalue weighted by Crippen LogP contribution is 2.38. The topological polar surface area (TPSA) is 33.3 Å². The van der Waals surface area contributed by atoms with E-state index in [0.717, 1.165) is 18.0 Å². The summed E-state index contributed by atoms with van der Waals surface area (Å²) in [5, 5.41) is 7.05. The Morgan fingerprint density at radius 3 is 2.69 bits per heavy atom. The number of hydrogen-bond donors (Lipinski definition) is 2. The van der Waals surface area contributed by atoms with Gasteiger partial charge < -0.3 is 15.4 Å². The van der Waals surface area contributed by atoms with E-state index in [1.54, 1.807) is 0 Å². The number of anilines is 1. The summed E-state index contributed by atoms with van der Waals surface area (Å²) in [7, 11) is 0. The van der Waals surface area contributed by atoms with Crippen molar-refractivity contribution in [3.05, 3.63) is 59.7 Å². The molecule has 3 nitrogen and oxygen atoms in total. The van der Waals surface area contributed by atoms with Gasteiger partial charge in [0.15, 0.2) is 6.73 Å². The molecule has 0 spiro atoms. The molecule has 0 saturated heterocycles. The maximum atomic E-state index is 5.64. The summed E-state index contributed by atoms with van der Waals surface area (Å²) in [4.78, 5) is 0. The van der Waals surface area contributed by atoms with Crippen LogP contribution in [0.2, 0.25) is 0 Å². The van der Waals surface area contributed by atoms with E-state index < -0.39 is 0 Å². The lowest BCUT2D eigenvalue weighted by molar-refractivity contribution is 0.338. The molecule has 2 aromatic rings. The van der Waals surface area contributed by atoms with Gasteiger partial charge in [-0.3, -0.25) is 0 Å². The Balaban J connectivity index is 1.21. The van der Waals surface area contributed by atoms with Crippen LogP contribution in [0.4, 0.5) is 5.69 Å². The summed E-state index contributed by atoms with van der Waals surface area (Å²) < 4.78 is 5.64. The molecule has 2 N–H and O–H groups in total. The zero-order valence-corrected chi connectivity index (χ0v) is 15.7. The van der Waals surface area contributed by atoms with Crippen molar-refractivity contribution in [3.8, 4) is 5.75 Å². The van der Waals surface area contributed by atoms with Crippen molar-refractivity contribution in [1.29, 1.82) is 0 Å². The fourth-order valence-electron chi connectivity index (χ4n) is 4.33. The number of nitrogens with one attached hydrogen (secondary N) is 2. The van der Waals surface area contributed by atoms with Gasteiger partial charge in [0.25, 0.3) is 0 Å². The third kappa shape index (κ3) is 4.04. The first kappa shape index (κ1) is 17.4. The molecule has 4 rings (SSSR count). The Morgan fingerprint density at radius 2 is 1.88 bits per heavy atom. The van der Waals surface area contributed by atoms with E-state index >= 15 is 0 Å². The van der Waals surface area contributed by atoms with Crippen molar-refractivity contribution in [2.24, 2.45) is 0 Å². The molecule has 1 atom stereocenters. The largest absolute Gasteiger partial charge is 0.471 e. The quantitative estimate of drug-likeness (QED) is 0.746. The van der Waals surface area contributed by atoms with Crippen molar-refractivity contribution in [2.75, 3.05) is 18.6 Å². The smallest absolute Gasteiger partial charge is 0.159 e. The molecule has 0 aromatic heterocycles. The molecule has 1 fully saturated rings. The highest BCUT2D eigenvalue weighted by atomic mass is 16.5. The predicted molar refractivity (Wildman–Crippen MR) is 108 cm³/mol. The third-order valence-corrected chi connectivity index (χ3v) is 6.07. The minimum absolute atomic E-state index is 0.608. The van der Waals surface area contributed by atoms with Gasteiger partial charge in [0, 0.05) is 6.04 Å². The molecule has 1 aliphatic heterocycles. The lowest BCUT2D eigenvalue weighted by Crippen LogP contribution is -2.33. The second kappa shape index (κ2) is 8.13. The Labute approximate surface area is 157 Å². The van der Waals surface area contributed by atoms with E-state index in [-0.39, 0.29) is 0 Å². The molecule has 2 aromatic carbocycles. The number of rotatable bonds is 6. The van der Waals surface area contributed by atoms with E-state index in [1.807, 2.05) is 0 Å².